The molecule has 2 aromatic heterocycles. The lowest BCUT2D eigenvalue weighted by molar-refractivity contribution is 0.131. The summed E-state index contributed by atoms with van der Waals surface area (Å²) in [6.07, 6.45) is 4.49. The van der Waals surface area contributed by atoms with E-state index >= 15 is 0 Å². The van der Waals surface area contributed by atoms with Gasteiger partial charge in [-0.25, -0.2) is 18.9 Å². The van der Waals surface area contributed by atoms with Crippen LogP contribution in [0.15, 0.2) is 60.8 Å². The molecule has 1 fully saturated rings. The molecule has 0 saturated heterocycles. The van der Waals surface area contributed by atoms with Crippen molar-refractivity contribution in [1.82, 2.24) is 25.1 Å². The zero-order valence-electron chi connectivity index (χ0n) is 19.5. The normalized spacial score (nSPS) is 17.6. The molecule has 1 aliphatic carbocycles. The predicted molar refractivity (Wildman–Crippen MR) is 135 cm³/mol. The fourth-order valence-corrected chi connectivity index (χ4v) is 4.60. The molecule has 2 N–H and O–H groups in total. The van der Waals surface area contributed by atoms with Crippen molar-refractivity contribution in [3.63, 3.8) is 0 Å². The summed E-state index contributed by atoms with van der Waals surface area (Å²) in [6.45, 7) is 0.728. The van der Waals surface area contributed by atoms with E-state index in [-0.39, 0.29) is 29.8 Å². The first kappa shape index (κ1) is 24.0. The molecule has 2 aromatic carbocycles. The smallest absolute Gasteiger partial charge is 0.407 e. The molecular weight excluding hydrogens is 483 g/mol. The Kier molecular flexibility index (Phi) is 7.27. The number of benzene rings is 2. The van der Waals surface area contributed by atoms with E-state index < -0.39 is 6.09 Å². The molecule has 0 atom stereocenters. The van der Waals surface area contributed by atoms with Crippen LogP contribution in [0.25, 0.3) is 11.0 Å². The van der Waals surface area contributed by atoms with Crippen LogP contribution in [0.2, 0.25) is 5.28 Å². The number of amides is 1. The highest BCUT2D eigenvalue weighted by atomic mass is 35.5. The number of alkyl carbamates (subject to hydrolysis) is 1. The van der Waals surface area contributed by atoms with Crippen molar-refractivity contribution in [2.45, 2.75) is 50.9 Å². The maximum absolute atomic E-state index is 13.2. The van der Waals surface area contributed by atoms with Crippen molar-refractivity contribution >= 4 is 34.5 Å². The molecule has 186 valence electrons. The Labute approximate surface area is 212 Å². The van der Waals surface area contributed by atoms with Gasteiger partial charge in [-0.3, -0.25) is 0 Å². The van der Waals surface area contributed by atoms with Gasteiger partial charge in [-0.15, -0.1) is 0 Å². The Morgan fingerprint density at radius 3 is 2.56 bits per heavy atom. The second-order valence-corrected chi connectivity index (χ2v) is 9.20. The minimum atomic E-state index is -0.404. The summed E-state index contributed by atoms with van der Waals surface area (Å²) in [4.78, 5) is 20.8. The van der Waals surface area contributed by atoms with E-state index in [1.54, 1.807) is 18.3 Å². The number of nitrogens with one attached hydrogen (secondary N) is 2. The fraction of sp³-hybridized carbons (Fsp3) is 0.308. The van der Waals surface area contributed by atoms with Crippen LogP contribution in [0.1, 0.15) is 42.9 Å². The maximum Gasteiger partial charge on any atom is 0.407 e. The quantitative estimate of drug-likeness (QED) is 0.314. The third-order valence-electron chi connectivity index (χ3n) is 6.37. The van der Waals surface area contributed by atoms with Gasteiger partial charge in [0.25, 0.3) is 0 Å². The van der Waals surface area contributed by atoms with Gasteiger partial charge in [0.05, 0.1) is 11.4 Å². The lowest BCUT2D eigenvalue weighted by atomic mass is 9.91. The first-order chi connectivity index (χ1) is 17.5. The van der Waals surface area contributed by atoms with Crippen molar-refractivity contribution in [3.8, 4) is 0 Å². The summed E-state index contributed by atoms with van der Waals surface area (Å²) < 4.78 is 20.5. The number of nitrogens with zero attached hydrogens (tertiary/aromatic N) is 4. The third-order valence-corrected chi connectivity index (χ3v) is 6.55. The number of ether oxygens (including phenoxy) is 1. The van der Waals surface area contributed by atoms with E-state index in [0.717, 1.165) is 42.2 Å². The Morgan fingerprint density at radius 1 is 1.06 bits per heavy atom. The first-order valence-electron chi connectivity index (χ1n) is 11.9. The molecule has 1 amide bonds. The molecule has 1 saturated carbocycles. The van der Waals surface area contributed by atoms with Crippen molar-refractivity contribution in [1.29, 1.82) is 0 Å². The number of anilines is 1. The van der Waals surface area contributed by atoms with Crippen LogP contribution in [0.5, 0.6) is 0 Å². The number of halogens is 2. The second-order valence-electron chi connectivity index (χ2n) is 8.86. The molecular formula is C26H26ClFN6O2. The highest BCUT2D eigenvalue weighted by molar-refractivity contribution is 6.28. The largest absolute Gasteiger partial charge is 0.445 e. The molecule has 0 unspecified atom stereocenters. The summed E-state index contributed by atoms with van der Waals surface area (Å²) in [6, 6.07) is 16.1. The van der Waals surface area contributed by atoms with E-state index in [1.165, 1.54) is 12.1 Å². The molecule has 8 nitrogen and oxygen atoms in total. The predicted octanol–water partition coefficient (Wildman–Crippen LogP) is 5.64. The molecule has 5 rings (SSSR count). The Hall–Kier alpha value is -3.72. The summed E-state index contributed by atoms with van der Waals surface area (Å²) in [7, 11) is 0. The van der Waals surface area contributed by atoms with E-state index in [4.69, 9.17) is 21.4 Å². The van der Waals surface area contributed by atoms with Crippen LogP contribution >= 0.6 is 11.6 Å². The average Bonchev–Trinajstić information content (AvgIpc) is 3.26. The monoisotopic (exact) mass is 508 g/mol. The molecule has 1 aliphatic rings. The van der Waals surface area contributed by atoms with Gasteiger partial charge in [0.1, 0.15) is 12.4 Å². The number of hydrogen-bond donors (Lipinski definition) is 2. The Bertz CT molecular complexity index is 1320. The number of carbonyl (C=O) groups excluding carboxylic acids is 1. The summed E-state index contributed by atoms with van der Waals surface area (Å²) in [5.74, 6) is 0.377. The fourth-order valence-electron chi connectivity index (χ4n) is 4.47. The van der Waals surface area contributed by atoms with Gasteiger partial charge in [0.15, 0.2) is 11.5 Å². The minimum absolute atomic E-state index is 0.0423. The Balaban J connectivity index is 1.21. The molecule has 0 aliphatic heterocycles. The van der Waals surface area contributed by atoms with Crippen LogP contribution in [-0.2, 0) is 17.9 Å². The summed E-state index contributed by atoms with van der Waals surface area (Å²) in [5.41, 5.74) is 2.54. The topological polar surface area (TPSA) is 94.0 Å². The minimum Gasteiger partial charge on any atom is -0.445 e. The SMILES string of the molecule is O=C(NC1CCC(n2nc(NCc3ccc(F)cc3)c3cnc(Cl)nc32)CC1)OCc1ccccc1. The number of hydrogen-bond acceptors (Lipinski definition) is 6. The lowest BCUT2D eigenvalue weighted by Gasteiger charge is -2.29. The zero-order valence-corrected chi connectivity index (χ0v) is 20.3. The van der Waals surface area contributed by atoms with Gasteiger partial charge in [-0.1, -0.05) is 42.5 Å². The molecule has 4 aromatic rings. The lowest BCUT2D eigenvalue weighted by Crippen LogP contribution is -2.38. The maximum atomic E-state index is 13.2. The van der Waals surface area contributed by atoms with Crippen molar-refractivity contribution in [3.05, 3.63) is 83.0 Å². The van der Waals surface area contributed by atoms with Crippen LogP contribution < -0.4 is 10.6 Å². The summed E-state index contributed by atoms with van der Waals surface area (Å²) in [5, 5.41) is 12.0. The second kappa shape index (κ2) is 10.9. The third kappa shape index (κ3) is 5.73. The van der Waals surface area contributed by atoms with Gasteiger partial charge in [-0.2, -0.15) is 10.1 Å². The van der Waals surface area contributed by atoms with E-state index in [1.807, 2.05) is 35.0 Å². The molecule has 36 heavy (non-hydrogen) atoms. The molecule has 2 heterocycles. The van der Waals surface area contributed by atoms with Crippen molar-refractivity contribution in [2.75, 3.05) is 5.32 Å². The molecule has 0 radical (unpaired) electrons. The van der Waals surface area contributed by atoms with Crippen molar-refractivity contribution in [2.24, 2.45) is 0 Å². The van der Waals surface area contributed by atoms with Gasteiger partial charge < -0.3 is 15.4 Å². The van der Waals surface area contributed by atoms with Gasteiger partial charge in [0.2, 0.25) is 5.28 Å². The summed E-state index contributed by atoms with van der Waals surface area (Å²) >= 11 is 6.10. The van der Waals surface area contributed by atoms with Gasteiger partial charge in [0, 0.05) is 18.8 Å². The standard InChI is InChI=1S/C26H26ClFN6O2/c27-25-30-15-22-23(29-14-17-6-8-19(28)9-7-17)33-34(24(22)32-25)21-12-10-20(11-13-21)31-26(35)36-16-18-4-2-1-3-5-18/h1-9,15,20-21H,10-14,16H2,(H,29,33)(H,31,35). The van der Waals surface area contributed by atoms with Crippen LogP contribution in [0.3, 0.4) is 0 Å². The van der Waals surface area contributed by atoms with Gasteiger partial charge >= 0.3 is 6.09 Å². The Morgan fingerprint density at radius 2 is 1.81 bits per heavy atom. The van der Waals surface area contributed by atoms with E-state index in [0.29, 0.717) is 18.0 Å². The molecule has 10 heteroatoms. The van der Waals surface area contributed by atoms with E-state index in [9.17, 15) is 9.18 Å². The average molecular weight is 509 g/mol. The van der Waals surface area contributed by atoms with Crippen molar-refractivity contribution < 1.29 is 13.9 Å². The number of rotatable bonds is 7. The number of fused-ring (bicyclic) bond motifs is 1. The van der Waals surface area contributed by atoms with Gasteiger partial charge in [-0.05, 0) is 60.5 Å². The highest BCUT2D eigenvalue weighted by Crippen LogP contribution is 2.33. The number of carbonyl (C=O) groups is 1. The zero-order chi connectivity index (χ0) is 24.9. The van der Waals surface area contributed by atoms with Crippen LogP contribution in [0, 0.1) is 5.82 Å². The first-order valence-corrected chi connectivity index (χ1v) is 12.3. The van der Waals surface area contributed by atoms with E-state index in [2.05, 4.69) is 20.6 Å². The molecule has 0 bridgehead atoms. The van der Waals surface area contributed by atoms with Crippen LogP contribution in [0.4, 0.5) is 15.0 Å². The molecule has 0 spiro atoms. The van der Waals surface area contributed by atoms with Crippen LogP contribution in [-0.4, -0.2) is 31.9 Å². The number of aromatic nitrogens is 4. The highest BCUT2D eigenvalue weighted by Gasteiger charge is 2.27.